The molecule has 0 aliphatic carbocycles. The number of rotatable bonds is 64. The molecule has 0 unspecified atom stereocenters. The molecule has 0 spiro atoms. The number of hydrogen-bond donors (Lipinski definition) is 8. The van der Waals surface area contributed by atoms with E-state index in [1.54, 1.807) is 0 Å². The Balaban J connectivity index is 2.03. The average Bonchev–Trinajstić information content (AvgIpc) is 1.06. The molecule has 2 aliphatic heterocycles. The highest BCUT2D eigenvalue weighted by Gasteiger charge is 2.50. The van der Waals surface area contributed by atoms with Gasteiger partial charge in [0, 0.05) is 0 Å². The summed E-state index contributed by atoms with van der Waals surface area (Å²) in [4.78, 5) is 27.9. The zero-order valence-electron chi connectivity index (χ0n) is 59.1. The third-order valence-electron chi connectivity index (χ3n) is 19.9. The van der Waals surface area contributed by atoms with Crippen LogP contribution in [0.3, 0.4) is 0 Å². The molecule has 2 rings (SSSR count). The highest BCUT2D eigenvalue weighted by Crippen LogP contribution is 2.31. The lowest BCUT2D eigenvalue weighted by atomic mass is 9.91. The van der Waals surface area contributed by atoms with E-state index in [1.807, 2.05) is 0 Å². The van der Waals surface area contributed by atoms with Gasteiger partial charge in [0.25, 0.3) is 0 Å². The lowest BCUT2D eigenvalue weighted by Gasteiger charge is -2.44. The van der Waals surface area contributed by atoms with Crippen LogP contribution in [-0.2, 0) is 33.3 Å². The largest absolute Gasteiger partial charge is 0.463 e. The zero-order chi connectivity index (χ0) is 66.4. The SMILES string of the molecule is CCCCCCCCCCCCCCC[C@@H](O)[C@@H](CCCCCCCCCCCCCC)C(=O)OC[C@H]1O[C@H](O[C@H]2O[C@H](COC(=O)[C@@H](CCCCCCCCCCCCCC)[C@@H](O)CCCCCCCCCCCCCCC)[C@@H](O)[C@H](O)[C@H]2O)[C@H](O)[C@@H](O)[C@@H]1O. The van der Waals surface area contributed by atoms with E-state index < -0.39 is 111 Å². The summed E-state index contributed by atoms with van der Waals surface area (Å²) < 4.78 is 29.3. The van der Waals surface area contributed by atoms with Crippen molar-refractivity contribution >= 4 is 11.9 Å². The minimum absolute atomic E-state index is 0.429. The summed E-state index contributed by atoms with van der Waals surface area (Å²) >= 11 is 0. The van der Waals surface area contributed by atoms with Gasteiger partial charge in [-0.25, -0.2) is 0 Å². The molecule has 2 heterocycles. The Kier molecular flexibility index (Phi) is 55.1. The maximum Gasteiger partial charge on any atom is 0.311 e. The first-order valence-corrected chi connectivity index (χ1v) is 39.1. The van der Waals surface area contributed by atoms with E-state index in [9.17, 15) is 50.4 Å². The Morgan fingerprint density at radius 1 is 0.286 bits per heavy atom. The van der Waals surface area contributed by atoms with Gasteiger partial charge in [0.2, 0.25) is 0 Å². The number of aliphatic hydroxyl groups excluding tert-OH is 8. The summed E-state index contributed by atoms with van der Waals surface area (Å²) in [7, 11) is 0. The Labute approximate surface area is 556 Å². The molecule has 91 heavy (non-hydrogen) atoms. The van der Waals surface area contributed by atoms with Crippen molar-refractivity contribution in [3.8, 4) is 0 Å². The van der Waals surface area contributed by atoms with E-state index in [4.69, 9.17) is 23.7 Å². The monoisotopic (exact) mass is 1300 g/mol. The van der Waals surface area contributed by atoms with E-state index in [0.717, 1.165) is 103 Å². The van der Waals surface area contributed by atoms with Gasteiger partial charge in [0.05, 0.1) is 24.0 Å². The number of carbonyl (C=O) groups excluding carboxylic acids is 2. The first-order valence-electron chi connectivity index (χ1n) is 39.1. The van der Waals surface area contributed by atoms with Crippen LogP contribution in [0.1, 0.15) is 374 Å². The Morgan fingerprint density at radius 3 is 0.703 bits per heavy atom. The van der Waals surface area contributed by atoms with Crippen LogP contribution in [0.5, 0.6) is 0 Å². The molecule has 0 bridgehead atoms. The van der Waals surface area contributed by atoms with E-state index in [-0.39, 0.29) is 0 Å². The average molecular weight is 1300 g/mol. The minimum atomic E-state index is -1.89. The molecule has 0 aromatic heterocycles. The topological polar surface area (TPSA) is 242 Å². The first kappa shape index (κ1) is 85.6. The van der Waals surface area contributed by atoms with Crippen LogP contribution in [-0.4, -0.2) is 140 Å². The molecule has 2 saturated heterocycles. The van der Waals surface area contributed by atoms with Gasteiger partial charge in [0.15, 0.2) is 12.6 Å². The number of unbranched alkanes of at least 4 members (excludes halogenated alkanes) is 46. The molecule has 2 aliphatic rings. The van der Waals surface area contributed by atoms with Crippen LogP contribution in [0.15, 0.2) is 0 Å². The molecule has 15 heteroatoms. The van der Waals surface area contributed by atoms with Crippen molar-refractivity contribution in [3.05, 3.63) is 0 Å². The first-order chi connectivity index (χ1) is 44.3. The Hall–Kier alpha value is -1.50. The molecule has 0 radical (unpaired) electrons. The standard InChI is InChI=1S/C76H146O15/c1-5-9-13-17-21-25-29-33-37-41-45-49-53-57-63(77)61(55-51-47-43-39-35-31-27-23-19-15-11-7-3)73(85)87-59-65-67(79)69(81)71(83)75(89-65)91-76-72(84)70(82)68(80)66(90-76)60-88-74(86)62(56-52-48-44-40-36-32-28-24-20-16-12-8-4)64(78)58-54-50-46-42-38-34-30-26-22-18-14-10-6-2/h61-72,75-84H,5-60H2,1-4H3/t61-,62+,63-,64+,65-,66-,67-,68-,69+,70+,71-,72-,75-,76-/m1/s1. The van der Waals surface area contributed by atoms with Crippen molar-refractivity contribution in [2.45, 2.75) is 448 Å². The molecule has 540 valence electrons. The van der Waals surface area contributed by atoms with Crippen molar-refractivity contribution in [1.82, 2.24) is 0 Å². The van der Waals surface area contributed by atoms with Crippen molar-refractivity contribution < 1.29 is 74.1 Å². The molecule has 0 aromatic rings. The van der Waals surface area contributed by atoms with Gasteiger partial charge in [-0.1, -0.05) is 349 Å². The molecular formula is C76H146O15. The van der Waals surface area contributed by atoms with Gasteiger partial charge < -0.3 is 64.5 Å². The number of hydrogen-bond acceptors (Lipinski definition) is 15. The van der Waals surface area contributed by atoms with E-state index in [1.165, 1.54) is 218 Å². The quantitative estimate of drug-likeness (QED) is 0.0209. The second kappa shape index (κ2) is 58.6. The highest BCUT2D eigenvalue weighted by atomic mass is 16.8. The third-order valence-corrected chi connectivity index (χ3v) is 19.9. The fourth-order valence-corrected chi connectivity index (χ4v) is 13.5. The maximum atomic E-state index is 14.0. The van der Waals surface area contributed by atoms with Gasteiger partial charge >= 0.3 is 11.9 Å². The number of esters is 2. The predicted molar refractivity (Wildman–Crippen MR) is 367 cm³/mol. The van der Waals surface area contributed by atoms with Crippen LogP contribution in [0, 0.1) is 11.8 Å². The molecule has 2 fully saturated rings. The zero-order valence-corrected chi connectivity index (χ0v) is 59.1. The number of aliphatic hydroxyl groups is 8. The second-order valence-corrected chi connectivity index (χ2v) is 28.2. The minimum Gasteiger partial charge on any atom is -0.463 e. The fourth-order valence-electron chi connectivity index (χ4n) is 13.5. The lowest BCUT2D eigenvalue weighted by Crippen LogP contribution is -2.64. The highest BCUT2D eigenvalue weighted by molar-refractivity contribution is 5.73. The summed E-state index contributed by atoms with van der Waals surface area (Å²) in [6, 6.07) is 0. The molecule has 0 aromatic carbocycles. The molecule has 0 amide bonds. The molecule has 15 nitrogen and oxygen atoms in total. The second-order valence-electron chi connectivity index (χ2n) is 28.2. The van der Waals surface area contributed by atoms with Crippen molar-refractivity contribution in [3.63, 3.8) is 0 Å². The normalized spacial score (nSPS) is 23.3. The van der Waals surface area contributed by atoms with Gasteiger partial charge in [-0.15, -0.1) is 0 Å². The van der Waals surface area contributed by atoms with E-state index >= 15 is 0 Å². The van der Waals surface area contributed by atoms with Crippen LogP contribution >= 0.6 is 0 Å². The Bertz CT molecular complexity index is 1510. The van der Waals surface area contributed by atoms with E-state index in [2.05, 4.69) is 27.7 Å². The molecule has 14 atom stereocenters. The third kappa shape index (κ3) is 41.4. The van der Waals surface area contributed by atoms with Gasteiger partial charge in [-0.3, -0.25) is 9.59 Å². The summed E-state index contributed by atoms with van der Waals surface area (Å²) in [5, 5.41) is 89.7. The molecule has 8 N–H and O–H groups in total. The fraction of sp³-hybridized carbons (Fsp3) is 0.974. The van der Waals surface area contributed by atoms with Crippen molar-refractivity contribution in [2.24, 2.45) is 11.8 Å². The van der Waals surface area contributed by atoms with Gasteiger partial charge in [0.1, 0.15) is 62.0 Å². The van der Waals surface area contributed by atoms with Gasteiger partial charge in [-0.2, -0.15) is 0 Å². The lowest BCUT2D eigenvalue weighted by molar-refractivity contribution is -0.376. The number of ether oxygens (including phenoxy) is 5. The van der Waals surface area contributed by atoms with Crippen LogP contribution in [0.2, 0.25) is 0 Å². The smallest absolute Gasteiger partial charge is 0.311 e. The summed E-state index contributed by atoms with van der Waals surface area (Å²) in [5.41, 5.74) is 0. The van der Waals surface area contributed by atoms with Crippen LogP contribution in [0.25, 0.3) is 0 Å². The molecular weight excluding hydrogens is 1150 g/mol. The van der Waals surface area contributed by atoms with E-state index in [0.29, 0.717) is 25.7 Å². The summed E-state index contributed by atoms with van der Waals surface area (Å²) in [6.07, 6.45) is 41.7. The molecule has 0 saturated carbocycles. The van der Waals surface area contributed by atoms with Crippen LogP contribution < -0.4 is 0 Å². The van der Waals surface area contributed by atoms with Crippen LogP contribution in [0.4, 0.5) is 0 Å². The van der Waals surface area contributed by atoms with Crippen molar-refractivity contribution in [2.75, 3.05) is 13.2 Å². The predicted octanol–water partition coefficient (Wildman–Crippen LogP) is 16.8. The summed E-state index contributed by atoms with van der Waals surface area (Å²) in [5.74, 6) is -2.93. The Morgan fingerprint density at radius 2 is 0.484 bits per heavy atom. The van der Waals surface area contributed by atoms with Crippen molar-refractivity contribution in [1.29, 1.82) is 0 Å². The summed E-state index contributed by atoms with van der Waals surface area (Å²) in [6.45, 7) is 7.86. The number of carbonyl (C=O) groups is 2. The van der Waals surface area contributed by atoms with Gasteiger partial charge in [-0.05, 0) is 25.7 Å². The maximum absolute atomic E-state index is 14.0.